The predicted molar refractivity (Wildman–Crippen MR) is 94.6 cm³/mol. The third-order valence-corrected chi connectivity index (χ3v) is 4.25. The third-order valence-electron chi connectivity index (χ3n) is 3.58. The maximum Gasteiger partial charge on any atom is 0.213 e. The number of benzene rings is 2. The van der Waals surface area contributed by atoms with Gasteiger partial charge >= 0.3 is 0 Å². The molecule has 0 N–H and O–H groups in total. The lowest BCUT2D eigenvalue weighted by atomic mass is 10.1. The Bertz CT molecular complexity index is 838. The summed E-state index contributed by atoms with van der Waals surface area (Å²) in [7, 11) is 1.61. The first-order valence-electron chi connectivity index (χ1n) is 6.99. The third kappa shape index (κ3) is 2.61. The highest BCUT2D eigenvalue weighted by Crippen LogP contribution is 2.24. The minimum absolute atomic E-state index is 0.0677. The Balaban J connectivity index is 2.11. The van der Waals surface area contributed by atoms with E-state index in [0.717, 1.165) is 26.8 Å². The number of methoxy groups -OCH3 is 1. The Morgan fingerprint density at radius 3 is 2.59 bits per heavy atom. The van der Waals surface area contributed by atoms with Gasteiger partial charge in [-0.15, -0.1) is 0 Å². The molecule has 0 atom stereocenters. The summed E-state index contributed by atoms with van der Waals surface area (Å²) in [6.45, 7) is 2.75. The van der Waals surface area contributed by atoms with Crippen molar-refractivity contribution in [3.05, 3.63) is 57.3 Å². The minimum Gasteiger partial charge on any atom is -0.497 e. The molecule has 0 radical (unpaired) electrons. The van der Waals surface area contributed by atoms with Crippen LogP contribution >= 0.6 is 22.6 Å². The number of fused-ring (bicyclic) bond motifs is 1. The van der Waals surface area contributed by atoms with E-state index in [1.807, 2.05) is 29.8 Å². The fourth-order valence-electron chi connectivity index (χ4n) is 2.44. The zero-order valence-corrected chi connectivity index (χ0v) is 14.5. The van der Waals surface area contributed by atoms with Crippen molar-refractivity contribution in [3.8, 4) is 5.75 Å². The number of ether oxygens (including phenoxy) is 1. The normalized spacial score (nSPS) is 10.9. The van der Waals surface area contributed by atoms with Crippen molar-refractivity contribution in [2.45, 2.75) is 13.5 Å². The highest BCUT2D eigenvalue weighted by molar-refractivity contribution is 14.1. The number of nitrogens with zero attached hydrogens (tertiary/aromatic N) is 2. The Hall–Kier alpha value is -1.89. The second-order valence-corrected chi connectivity index (χ2v) is 6.13. The molecule has 4 nitrogen and oxygen atoms in total. The van der Waals surface area contributed by atoms with Crippen LogP contribution in [0.4, 0.5) is 0 Å². The smallest absolute Gasteiger partial charge is 0.213 e. The number of hydrogen-bond acceptors (Lipinski definition) is 3. The molecule has 0 saturated carbocycles. The second-order valence-electron chi connectivity index (χ2n) is 4.88. The molecule has 3 rings (SSSR count). The molecule has 0 aliphatic rings. The van der Waals surface area contributed by atoms with Gasteiger partial charge in [-0.05, 0) is 72.0 Å². The summed E-state index contributed by atoms with van der Waals surface area (Å²) >= 11 is 2.25. The van der Waals surface area contributed by atoms with Crippen LogP contribution in [0.3, 0.4) is 0 Å². The molecule has 0 fully saturated rings. The highest BCUT2D eigenvalue weighted by Gasteiger charge is 2.18. The Morgan fingerprint density at radius 2 is 1.95 bits per heavy atom. The van der Waals surface area contributed by atoms with Gasteiger partial charge in [0.25, 0.3) is 0 Å². The van der Waals surface area contributed by atoms with E-state index >= 15 is 0 Å². The number of carbonyl (C=O) groups excluding carboxylic acids is 1. The Labute approximate surface area is 142 Å². The van der Waals surface area contributed by atoms with Crippen LogP contribution in [-0.4, -0.2) is 22.7 Å². The summed E-state index contributed by atoms with van der Waals surface area (Å²) in [5, 5.41) is 5.40. The molecule has 0 unspecified atom stereocenters. The maximum absolute atomic E-state index is 12.8. The van der Waals surface area contributed by atoms with Crippen molar-refractivity contribution in [3.63, 3.8) is 0 Å². The predicted octanol–water partition coefficient (Wildman–Crippen LogP) is 3.90. The van der Waals surface area contributed by atoms with Crippen LogP contribution < -0.4 is 4.74 Å². The quantitative estimate of drug-likeness (QED) is 0.488. The largest absolute Gasteiger partial charge is 0.497 e. The summed E-state index contributed by atoms with van der Waals surface area (Å²) in [4.78, 5) is 12.8. The molecule has 1 heterocycles. The number of aryl methyl sites for hydroxylation is 1. The zero-order valence-electron chi connectivity index (χ0n) is 12.3. The van der Waals surface area contributed by atoms with Gasteiger partial charge in [0.05, 0.1) is 12.6 Å². The van der Waals surface area contributed by atoms with Crippen LogP contribution in [-0.2, 0) is 6.54 Å². The topological polar surface area (TPSA) is 44.1 Å². The molecular weight excluding hydrogens is 391 g/mol. The number of halogens is 1. The summed E-state index contributed by atoms with van der Waals surface area (Å²) in [6, 6.07) is 13.2. The van der Waals surface area contributed by atoms with E-state index in [9.17, 15) is 4.79 Å². The van der Waals surface area contributed by atoms with Gasteiger partial charge in [0.2, 0.25) is 5.78 Å². The molecule has 5 heteroatoms. The average Bonchev–Trinajstić information content (AvgIpc) is 2.92. The van der Waals surface area contributed by atoms with E-state index < -0.39 is 0 Å². The van der Waals surface area contributed by atoms with Crippen molar-refractivity contribution in [2.24, 2.45) is 0 Å². The lowest BCUT2D eigenvalue weighted by molar-refractivity contribution is 0.103. The Kier molecular flexibility index (Phi) is 4.15. The number of aromatic nitrogens is 2. The van der Waals surface area contributed by atoms with E-state index in [-0.39, 0.29) is 5.78 Å². The number of rotatable bonds is 4. The van der Waals surface area contributed by atoms with Crippen molar-refractivity contribution in [2.75, 3.05) is 7.11 Å². The summed E-state index contributed by atoms with van der Waals surface area (Å²) in [5.41, 5.74) is 2.10. The van der Waals surface area contributed by atoms with Crippen molar-refractivity contribution in [1.82, 2.24) is 9.78 Å². The van der Waals surface area contributed by atoms with Crippen LogP contribution in [0.2, 0.25) is 0 Å². The van der Waals surface area contributed by atoms with Crippen LogP contribution in [0.25, 0.3) is 10.9 Å². The second kappa shape index (κ2) is 6.08. The van der Waals surface area contributed by atoms with Gasteiger partial charge in [0, 0.05) is 21.1 Å². The first-order chi connectivity index (χ1) is 10.6. The fraction of sp³-hybridized carbons (Fsp3) is 0.176. The van der Waals surface area contributed by atoms with Crippen molar-refractivity contribution < 1.29 is 9.53 Å². The molecule has 0 amide bonds. The van der Waals surface area contributed by atoms with Crippen LogP contribution in [0, 0.1) is 3.57 Å². The van der Waals surface area contributed by atoms with Crippen LogP contribution in [0.5, 0.6) is 5.75 Å². The van der Waals surface area contributed by atoms with E-state index in [2.05, 4.69) is 27.7 Å². The lowest BCUT2D eigenvalue weighted by Gasteiger charge is -2.01. The van der Waals surface area contributed by atoms with Gasteiger partial charge in [-0.1, -0.05) is 0 Å². The minimum atomic E-state index is -0.0677. The molecule has 2 aromatic carbocycles. The number of hydrogen-bond donors (Lipinski definition) is 0. The Morgan fingerprint density at radius 1 is 1.23 bits per heavy atom. The molecule has 0 aliphatic heterocycles. The van der Waals surface area contributed by atoms with Gasteiger partial charge in [0.1, 0.15) is 11.4 Å². The van der Waals surface area contributed by atoms with E-state index in [0.29, 0.717) is 11.3 Å². The highest BCUT2D eigenvalue weighted by atomic mass is 127. The molecule has 112 valence electrons. The lowest BCUT2D eigenvalue weighted by Crippen LogP contribution is -2.04. The number of carbonyl (C=O) groups is 1. The van der Waals surface area contributed by atoms with E-state index in [1.54, 1.807) is 31.4 Å². The average molecular weight is 406 g/mol. The SMILES string of the molecule is CCn1nc(C(=O)c2ccc(OC)cc2)c2cc(I)ccc21. The van der Waals surface area contributed by atoms with Gasteiger partial charge < -0.3 is 4.74 Å². The monoisotopic (exact) mass is 406 g/mol. The molecule has 3 aromatic rings. The molecule has 0 bridgehead atoms. The molecular formula is C17H15IN2O2. The van der Waals surface area contributed by atoms with Gasteiger partial charge in [0.15, 0.2) is 0 Å². The molecule has 0 aliphatic carbocycles. The first kappa shape index (κ1) is 15.0. The molecule has 0 saturated heterocycles. The van der Waals surface area contributed by atoms with Crippen LogP contribution in [0.1, 0.15) is 23.0 Å². The molecule has 1 aromatic heterocycles. The first-order valence-corrected chi connectivity index (χ1v) is 8.06. The van der Waals surface area contributed by atoms with Gasteiger partial charge in [-0.3, -0.25) is 9.48 Å². The van der Waals surface area contributed by atoms with Gasteiger partial charge in [-0.2, -0.15) is 5.10 Å². The summed E-state index contributed by atoms with van der Waals surface area (Å²) in [6.07, 6.45) is 0. The summed E-state index contributed by atoms with van der Waals surface area (Å²) < 4.78 is 8.08. The van der Waals surface area contributed by atoms with E-state index in [4.69, 9.17) is 4.74 Å². The standard InChI is InChI=1S/C17H15IN2O2/c1-3-20-15-9-6-12(18)10-14(15)16(19-20)17(21)11-4-7-13(22-2)8-5-11/h4-10H,3H2,1-2H3. The van der Waals surface area contributed by atoms with Gasteiger partial charge in [-0.25, -0.2) is 0 Å². The van der Waals surface area contributed by atoms with Crippen molar-refractivity contribution in [1.29, 1.82) is 0 Å². The molecule has 0 spiro atoms. The zero-order chi connectivity index (χ0) is 15.7. The van der Waals surface area contributed by atoms with Crippen molar-refractivity contribution >= 4 is 39.3 Å². The molecule has 22 heavy (non-hydrogen) atoms. The fourth-order valence-corrected chi connectivity index (χ4v) is 2.93. The summed E-state index contributed by atoms with van der Waals surface area (Å²) in [5.74, 6) is 0.664. The maximum atomic E-state index is 12.8. The van der Waals surface area contributed by atoms with E-state index in [1.165, 1.54) is 0 Å². The van der Waals surface area contributed by atoms with Crippen LogP contribution in [0.15, 0.2) is 42.5 Å². The number of ketones is 1.